The van der Waals surface area contributed by atoms with E-state index in [0.29, 0.717) is 12.2 Å². The SMILES string of the molecule is CC1C[N+](C)(C)CC(CN(C)C)O1. The second-order valence-electron chi connectivity index (χ2n) is 5.13. The van der Waals surface area contributed by atoms with Crippen LogP contribution < -0.4 is 0 Å². The molecule has 1 aliphatic rings. The van der Waals surface area contributed by atoms with Gasteiger partial charge in [0.05, 0.1) is 14.1 Å². The highest BCUT2D eigenvalue weighted by Gasteiger charge is 2.32. The zero-order chi connectivity index (χ0) is 10.1. The lowest BCUT2D eigenvalue weighted by Crippen LogP contribution is -2.57. The molecular weight excluding hydrogens is 164 g/mol. The van der Waals surface area contributed by atoms with E-state index in [2.05, 4.69) is 40.0 Å². The summed E-state index contributed by atoms with van der Waals surface area (Å²) in [6.45, 7) is 5.46. The Morgan fingerprint density at radius 1 is 1.31 bits per heavy atom. The third kappa shape index (κ3) is 3.63. The summed E-state index contributed by atoms with van der Waals surface area (Å²) in [5.41, 5.74) is 0. The Morgan fingerprint density at radius 3 is 2.38 bits per heavy atom. The monoisotopic (exact) mass is 187 g/mol. The molecule has 0 aromatic rings. The fourth-order valence-corrected chi connectivity index (χ4v) is 2.24. The predicted molar refractivity (Wildman–Crippen MR) is 54.7 cm³/mol. The molecule has 1 saturated heterocycles. The molecular formula is C10H23N2O+. The van der Waals surface area contributed by atoms with Crippen molar-refractivity contribution in [3.8, 4) is 0 Å². The van der Waals surface area contributed by atoms with Crippen molar-refractivity contribution >= 4 is 0 Å². The van der Waals surface area contributed by atoms with Crippen molar-refractivity contribution in [1.82, 2.24) is 4.90 Å². The molecule has 1 heterocycles. The van der Waals surface area contributed by atoms with Crippen LogP contribution in [0.3, 0.4) is 0 Å². The van der Waals surface area contributed by atoms with E-state index in [1.165, 1.54) is 0 Å². The standard InChI is InChI=1S/C10H23N2O/c1-9-7-12(4,5)8-10(13-9)6-11(2)3/h9-10H,6-8H2,1-5H3/q+1. The van der Waals surface area contributed by atoms with Crippen LogP contribution in [0.1, 0.15) is 6.92 Å². The molecule has 0 aromatic carbocycles. The Kier molecular flexibility index (Phi) is 3.33. The molecule has 3 heteroatoms. The van der Waals surface area contributed by atoms with Gasteiger partial charge in [-0.2, -0.15) is 0 Å². The number of rotatable bonds is 2. The minimum Gasteiger partial charge on any atom is -0.362 e. The highest BCUT2D eigenvalue weighted by Crippen LogP contribution is 2.15. The molecule has 2 unspecified atom stereocenters. The second kappa shape index (κ2) is 3.95. The summed E-state index contributed by atoms with van der Waals surface area (Å²) in [7, 11) is 8.76. The normalized spacial score (nSPS) is 33.7. The minimum atomic E-state index is 0.397. The topological polar surface area (TPSA) is 12.5 Å². The van der Waals surface area contributed by atoms with Crippen molar-refractivity contribution in [2.24, 2.45) is 0 Å². The number of likely N-dealkylation sites (N-methyl/N-ethyl adjacent to an activating group) is 2. The van der Waals surface area contributed by atoms with E-state index < -0.39 is 0 Å². The van der Waals surface area contributed by atoms with E-state index in [1.807, 2.05) is 0 Å². The summed E-state index contributed by atoms with van der Waals surface area (Å²) in [6, 6.07) is 0. The number of hydrogen-bond acceptors (Lipinski definition) is 2. The van der Waals surface area contributed by atoms with E-state index in [-0.39, 0.29) is 0 Å². The van der Waals surface area contributed by atoms with Crippen molar-refractivity contribution in [3.63, 3.8) is 0 Å². The Bertz CT molecular complexity index is 166. The molecule has 1 fully saturated rings. The summed E-state index contributed by atoms with van der Waals surface area (Å²) in [6.07, 6.45) is 0.794. The van der Waals surface area contributed by atoms with Gasteiger partial charge in [0.1, 0.15) is 25.3 Å². The van der Waals surface area contributed by atoms with Gasteiger partial charge in [-0.15, -0.1) is 0 Å². The highest BCUT2D eigenvalue weighted by atomic mass is 16.5. The van der Waals surface area contributed by atoms with Crippen molar-refractivity contribution in [1.29, 1.82) is 0 Å². The number of morpholine rings is 1. The lowest BCUT2D eigenvalue weighted by Gasteiger charge is -2.41. The van der Waals surface area contributed by atoms with Gasteiger partial charge in [0.2, 0.25) is 0 Å². The van der Waals surface area contributed by atoms with E-state index >= 15 is 0 Å². The van der Waals surface area contributed by atoms with Crippen LogP contribution in [-0.2, 0) is 4.74 Å². The van der Waals surface area contributed by atoms with E-state index in [0.717, 1.165) is 24.1 Å². The predicted octanol–water partition coefficient (Wildman–Crippen LogP) is 0.412. The molecule has 1 aliphatic heterocycles. The quantitative estimate of drug-likeness (QED) is 0.581. The van der Waals surface area contributed by atoms with Gasteiger partial charge < -0.3 is 14.1 Å². The average Bonchev–Trinajstić information content (AvgIpc) is 1.78. The van der Waals surface area contributed by atoms with Crippen LogP contribution in [0, 0.1) is 0 Å². The van der Waals surface area contributed by atoms with Crippen LogP contribution in [0.15, 0.2) is 0 Å². The molecule has 1 rings (SSSR count). The van der Waals surface area contributed by atoms with E-state index in [1.54, 1.807) is 0 Å². The van der Waals surface area contributed by atoms with Crippen molar-refractivity contribution in [2.75, 3.05) is 47.8 Å². The van der Waals surface area contributed by atoms with Gasteiger partial charge in [-0.25, -0.2) is 0 Å². The Hall–Kier alpha value is -0.120. The molecule has 13 heavy (non-hydrogen) atoms. The van der Waals surface area contributed by atoms with E-state index in [4.69, 9.17) is 4.74 Å². The molecule has 0 spiro atoms. The molecule has 0 amide bonds. The maximum atomic E-state index is 5.88. The van der Waals surface area contributed by atoms with Crippen LogP contribution in [0.2, 0.25) is 0 Å². The van der Waals surface area contributed by atoms with Crippen molar-refractivity contribution in [2.45, 2.75) is 19.1 Å². The van der Waals surface area contributed by atoms with Crippen LogP contribution >= 0.6 is 0 Å². The van der Waals surface area contributed by atoms with Crippen LogP contribution in [0.5, 0.6) is 0 Å². The van der Waals surface area contributed by atoms with Gasteiger partial charge in [-0.1, -0.05) is 0 Å². The van der Waals surface area contributed by atoms with Gasteiger partial charge >= 0.3 is 0 Å². The molecule has 3 nitrogen and oxygen atoms in total. The fraction of sp³-hybridized carbons (Fsp3) is 1.00. The van der Waals surface area contributed by atoms with Gasteiger partial charge in [0, 0.05) is 6.54 Å². The zero-order valence-corrected chi connectivity index (χ0v) is 9.58. The summed E-state index contributed by atoms with van der Waals surface area (Å²) in [5.74, 6) is 0. The Labute approximate surface area is 81.9 Å². The first-order valence-electron chi connectivity index (χ1n) is 5.01. The fourth-order valence-electron chi connectivity index (χ4n) is 2.24. The molecule has 0 N–H and O–H groups in total. The number of hydrogen-bond donors (Lipinski definition) is 0. The van der Waals surface area contributed by atoms with Crippen LogP contribution in [0.25, 0.3) is 0 Å². The maximum Gasteiger partial charge on any atom is 0.120 e. The van der Waals surface area contributed by atoms with Gasteiger partial charge in [-0.05, 0) is 21.0 Å². The molecule has 0 aliphatic carbocycles. The lowest BCUT2D eigenvalue weighted by atomic mass is 10.2. The first-order valence-corrected chi connectivity index (χ1v) is 5.01. The molecule has 2 atom stereocenters. The average molecular weight is 187 g/mol. The molecule has 0 saturated carbocycles. The first-order chi connectivity index (χ1) is 5.89. The number of nitrogens with zero attached hydrogens (tertiary/aromatic N) is 2. The summed E-state index contributed by atoms with van der Waals surface area (Å²) in [5, 5.41) is 0. The summed E-state index contributed by atoms with van der Waals surface area (Å²) in [4.78, 5) is 2.20. The van der Waals surface area contributed by atoms with Gasteiger partial charge in [0.15, 0.2) is 0 Å². The molecule has 0 aromatic heterocycles. The zero-order valence-electron chi connectivity index (χ0n) is 9.58. The first kappa shape index (κ1) is 11.0. The highest BCUT2D eigenvalue weighted by molar-refractivity contribution is 4.68. The van der Waals surface area contributed by atoms with Crippen LogP contribution in [0.4, 0.5) is 0 Å². The van der Waals surface area contributed by atoms with Crippen molar-refractivity contribution in [3.05, 3.63) is 0 Å². The second-order valence-corrected chi connectivity index (χ2v) is 5.13. The summed E-state index contributed by atoms with van der Waals surface area (Å²) < 4.78 is 6.96. The van der Waals surface area contributed by atoms with Gasteiger partial charge in [-0.3, -0.25) is 0 Å². The molecule has 0 radical (unpaired) electrons. The van der Waals surface area contributed by atoms with Gasteiger partial charge in [0.25, 0.3) is 0 Å². The van der Waals surface area contributed by atoms with Crippen LogP contribution in [-0.4, -0.2) is 69.4 Å². The Balaban J connectivity index is 2.48. The largest absolute Gasteiger partial charge is 0.362 e. The third-order valence-electron chi connectivity index (χ3n) is 2.44. The molecule has 78 valence electrons. The summed E-state index contributed by atoms with van der Waals surface area (Å²) >= 11 is 0. The minimum absolute atomic E-state index is 0.397. The third-order valence-corrected chi connectivity index (χ3v) is 2.44. The number of ether oxygens (including phenoxy) is 1. The smallest absolute Gasteiger partial charge is 0.120 e. The molecule has 0 bridgehead atoms. The van der Waals surface area contributed by atoms with Crippen molar-refractivity contribution < 1.29 is 9.22 Å². The van der Waals surface area contributed by atoms with E-state index in [9.17, 15) is 0 Å². The number of quaternary nitrogens is 1. The Morgan fingerprint density at radius 2 is 1.92 bits per heavy atom. The lowest BCUT2D eigenvalue weighted by molar-refractivity contribution is -0.905. The maximum absolute atomic E-state index is 5.88.